The number of benzene rings is 1. The van der Waals surface area contributed by atoms with Crippen LogP contribution >= 0.6 is 15.9 Å². The van der Waals surface area contributed by atoms with Crippen LogP contribution in [-0.4, -0.2) is 30.4 Å². The summed E-state index contributed by atoms with van der Waals surface area (Å²) in [5, 5.41) is 0. The second kappa shape index (κ2) is 6.06. The van der Waals surface area contributed by atoms with Crippen molar-refractivity contribution in [3.63, 3.8) is 0 Å². The number of likely N-dealkylation sites (tertiary alicyclic amines) is 1. The number of nitrogens with zero attached hydrogens (tertiary/aromatic N) is 1. The lowest BCUT2D eigenvalue weighted by molar-refractivity contribution is 0.0617. The van der Waals surface area contributed by atoms with Crippen LogP contribution in [0.25, 0.3) is 0 Å². The predicted octanol–water partition coefficient (Wildman–Crippen LogP) is 2.81. The summed E-state index contributed by atoms with van der Waals surface area (Å²) in [5.74, 6) is 1.13. The highest BCUT2D eigenvalue weighted by molar-refractivity contribution is 9.10. The molecule has 1 aromatic carbocycles. The van der Waals surface area contributed by atoms with E-state index in [0.29, 0.717) is 18.4 Å². The first kappa shape index (κ1) is 14.5. The van der Waals surface area contributed by atoms with Crippen molar-refractivity contribution >= 4 is 21.8 Å². The number of carbonyl (C=O) groups excluding carboxylic acids is 1. The van der Waals surface area contributed by atoms with Gasteiger partial charge in [-0.1, -0.05) is 13.0 Å². The van der Waals surface area contributed by atoms with Crippen LogP contribution in [0.2, 0.25) is 0 Å². The van der Waals surface area contributed by atoms with Crippen LogP contribution in [-0.2, 0) is 0 Å². The Balaban J connectivity index is 2.15. The maximum atomic E-state index is 12.6. The summed E-state index contributed by atoms with van der Waals surface area (Å²) >= 11 is 3.49. The quantitative estimate of drug-likeness (QED) is 0.909. The summed E-state index contributed by atoms with van der Waals surface area (Å²) in [6.45, 7) is 6.50. The van der Waals surface area contributed by atoms with Crippen LogP contribution in [0.4, 0.5) is 0 Å². The largest absolute Gasteiger partial charge is 0.338 e. The molecule has 1 aliphatic heterocycles. The molecule has 1 amide bonds. The lowest BCUT2D eigenvalue weighted by atomic mass is 9.87. The van der Waals surface area contributed by atoms with E-state index in [1.54, 1.807) is 0 Å². The van der Waals surface area contributed by atoms with E-state index < -0.39 is 0 Å². The number of carbonyl (C=O) groups is 1. The Labute approximate surface area is 123 Å². The van der Waals surface area contributed by atoms with Gasteiger partial charge < -0.3 is 10.6 Å². The van der Waals surface area contributed by atoms with Crippen molar-refractivity contribution < 1.29 is 4.79 Å². The first-order valence-corrected chi connectivity index (χ1v) is 7.57. The summed E-state index contributed by atoms with van der Waals surface area (Å²) in [6.07, 6.45) is 1.04. The number of hydrogen-bond donors (Lipinski definition) is 1. The number of hydrogen-bond acceptors (Lipinski definition) is 2. The molecule has 19 heavy (non-hydrogen) atoms. The average Bonchev–Trinajstić information content (AvgIpc) is 2.38. The van der Waals surface area contributed by atoms with E-state index >= 15 is 0 Å². The highest BCUT2D eigenvalue weighted by atomic mass is 79.9. The Bertz CT molecular complexity index is 475. The lowest BCUT2D eigenvalue weighted by Gasteiger charge is -2.36. The van der Waals surface area contributed by atoms with Gasteiger partial charge in [-0.3, -0.25) is 4.79 Å². The Morgan fingerprint density at radius 3 is 2.89 bits per heavy atom. The molecule has 0 aliphatic carbocycles. The van der Waals surface area contributed by atoms with Crippen molar-refractivity contribution in [2.24, 2.45) is 17.6 Å². The van der Waals surface area contributed by atoms with Gasteiger partial charge in [0.1, 0.15) is 0 Å². The molecular weight excluding hydrogens is 304 g/mol. The van der Waals surface area contributed by atoms with Gasteiger partial charge in [0.2, 0.25) is 0 Å². The number of amides is 1. The summed E-state index contributed by atoms with van der Waals surface area (Å²) in [6, 6.07) is 5.86. The van der Waals surface area contributed by atoms with Crippen molar-refractivity contribution in [1.29, 1.82) is 0 Å². The second-order valence-electron chi connectivity index (χ2n) is 5.50. The minimum atomic E-state index is 0.109. The van der Waals surface area contributed by atoms with Crippen molar-refractivity contribution in [2.45, 2.75) is 20.3 Å². The fraction of sp³-hybridized carbons (Fsp3) is 0.533. The average molecular weight is 325 g/mol. The van der Waals surface area contributed by atoms with Crippen LogP contribution in [0.5, 0.6) is 0 Å². The van der Waals surface area contributed by atoms with Gasteiger partial charge in [0.05, 0.1) is 5.56 Å². The predicted molar refractivity (Wildman–Crippen MR) is 81.1 cm³/mol. The summed E-state index contributed by atoms with van der Waals surface area (Å²) in [4.78, 5) is 14.5. The SMILES string of the molecule is Cc1ccc(C(=O)N2CCC(C)C(CN)C2)c(Br)c1. The minimum absolute atomic E-state index is 0.109. The molecule has 0 radical (unpaired) electrons. The van der Waals surface area contributed by atoms with Crippen LogP contribution in [0.3, 0.4) is 0 Å². The molecule has 2 N–H and O–H groups in total. The lowest BCUT2D eigenvalue weighted by Crippen LogP contribution is -2.45. The van der Waals surface area contributed by atoms with Crippen molar-refractivity contribution in [3.05, 3.63) is 33.8 Å². The smallest absolute Gasteiger partial charge is 0.255 e. The van der Waals surface area contributed by atoms with Crippen LogP contribution in [0.15, 0.2) is 22.7 Å². The first-order valence-electron chi connectivity index (χ1n) is 6.78. The van der Waals surface area contributed by atoms with E-state index in [1.807, 2.05) is 30.0 Å². The highest BCUT2D eigenvalue weighted by Gasteiger charge is 2.29. The summed E-state index contributed by atoms with van der Waals surface area (Å²) < 4.78 is 0.875. The van der Waals surface area contributed by atoms with E-state index in [1.165, 1.54) is 0 Å². The standard InChI is InChI=1S/C15H21BrN2O/c1-10-3-4-13(14(16)7-10)15(19)18-6-5-11(2)12(8-17)9-18/h3-4,7,11-12H,5-6,8-9,17H2,1-2H3. The third-order valence-corrected chi connectivity index (χ3v) is 4.72. The van der Waals surface area contributed by atoms with Crippen LogP contribution < -0.4 is 5.73 Å². The third-order valence-electron chi connectivity index (χ3n) is 4.06. The number of nitrogens with two attached hydrogens (primary N) is 1. The molecule has 2 unspecified atom stereocenters. The van der Waals surface area contributed by atoms with E-state index in [9.17, 15) is 4.79 Å². The maximum Gasteiger partial charge on any atom is 0.255 e. The molecule has 3 nitrogen and oxygen atoms in total. The van der Waals surface area contributed by atoms with Gasteiger partial charge in [-0.15, -0.1) is 0 Å². The van der Waals surface area contributed by atoms with Gasteiger partial charge in [-0.2, -0.15) is 0 Å². The zero-order valence-corrected chi connectivity index (χ0v) is 13.1. The Morgan fingerprint density at radius 2 is 2.26 bits per heavy atom. The molecule has 2 atom stereocenters. The van der Waals surface area contributed by atoms with Crippen LogP contribution in [0.1, 0.15) is 29.3 Å². The van der Waals surface area contributed by atoms with E-state index in [-0.39, 0.29) is 5.91 Å². The monoisotopic (exact) mass is 324 g/mol. The van der Waals surface area contributed by atoms with Gasteiger partial charge in [0, 0.05) is 17.6 Å². The summed E-state index contributed by atoms with van der Waals surface area (Å²) in [5.41, 5.74) is 7.69. The Morgan fingerprint density at radius 1 is 1.53 bits per heavy atom. The molecule has 1 heterocycles. The number of aryl methyl sites for hydroxylation is 1. The Kier molecular flexibility index (Phi) is 4.63. The topological polar surface area (TPSA) is 46.3 Å². The van der Waals surface area contributed by atoms with Gasteiger partial charge in [0.25, 0.3) is 5.91 Å². The number of halogens is 1. The molecular formula is C15H21BrN2O. The van der Waals surface area contributed by atoms with Crippen LogP contribution in [0, 0.1) is 18.8 Å². The molecule has 0 spiro atoms. The molecule has 1 aliphatic rings. The molecule has 1 fully saturated rings. The van der Waals surface area contributed by atoms with Gasteiger partial charge in [-0.05, 0) is 65.4 Å². The highest BCUT2D eigenvalue weighted by Crippen LogP contribution is 2.26. The van der Waals surface area contributed by atoms with Gasteiger partial charge in [0.15, 0.2) is 0 Å². The third kappa shape index (κ3) is 3.18. The first-order chi connectivity index (χ1) is 9.02. The zero-order chi connectivity index (χ0) is 14.0. The van der Waals surface area contributed by atoms with Crippen molar-refractivity contribution in [3.8, 4) is 0 Å². The molecule has 4 heteroatoms. The molecule has 0 saturated carbocycles. The molecule has 1 aromatic rings. The summed E-state index contributed by atoms with van der Waals surface area (Å²) in [7, 11) is 0. The van der Waals surface area contributed by atoms with Gasteiger partial charge >= 0.3 is 0 Å². The normalized spacial score (nSPS) is 23.5. The van der Waals surface area contributed by atoms with E-state index in [0.717, 1.165) is 35.1 Å². The molecule has 1 saturated heterocycles. The maximum absolute atomic E-state index is 12.6. The molecule has 2 rings (SSSR count). The zero-order valence-electron chi connectivity index (χ0n) is 11.5. The molecule has 0 bridgehead atoms. The second-order valence-corrected chi connectivity index (χ2v) is 6.35. The fourth-order valence-corrected chi connectivity index (χ4v) is 3.27. The minimum Gasteiger partial charge on any atom is -0.338 e. The fourth-order valence-electron chi connectivity index (χ4n) is 2.60. The van der Waals surface area contributed by atoms with Gasteiger partial charge in [-0.25, -0.2) is 0 Å². The molecule has 104 valence electrons. The number of rotatable bonds is 2. The number of piperidine rings is 1. The van der Waals surface area contributed by atoms with Crippen molar-refractivity contribution in [1.82, 2.24) is 4.90 Å². The van der Waals surface area contributed by atoms with E-state index in [2.05, 4.69) is 22.9 Å². The Hall–Kier alpha value is -0.870. The van der Waals surface area contributed by atoms with Crippen molar-refractivity contribution in [2.75, 3.05) is 19.6 Å². The molecule has 0 aromatic heterocycles. The van der Waals surface area contributed by atoms with E-state index in [4.69, 9.17) is 5.73 Å².